The summed E-state index contributed by atoms with van der Waals surface area (Å²) in [6.07, 6.45) is -3.60. The average molecular weight is 455 g/mol. The summed E-state index contributed by atoms with van der Waals surface area (Å²) in [5.74, 6) is -1.79. The van der Waals surface area contributed by atoms with Crippen LogP contribution in [0, 0.1) is 0 Å². The molecule has 11 heteroatoms. The lowest BCUT2D eigenvalue weighted by molar-refractivity contribution is -0.149. The van der Waals surface area contributed by atoms with Gasteiger partial charge in [-0.3, -0.25) is 15.0 Å². The highest BCUT2D eigenvalue weighted by atomic mass is 35.5. The second kappa shape index (κ2) is 7.41. The largest absolute Gasteiger partial charge is 0.434 e. The van der Waals surface area contributed by atoms with Crippen molar-refractivity contribution in [2.75, 3.05) is 0 Å². The Bertz CT molecular complexity index is 1150. The fourth-order valence-electron chi connectivity index (χ4n) is 3.12. The zero-order valence-electron chi connectivity index (χ0n) is 14.8. The maximum atomic E-state index is 13.5. The molecular formula is C19H11Cl2F3N4O2. The van der Waals surface area contributed by atoms with Gasteiger partial charge in [-0.1, -0.05) is 23.7 Å². The zero-order valence-corrected chi connectivity index (χ0v) is 16.3. The number of carbonyl (C=O) groups is 2. The number of alkyl halides is 4. The number of rotatable bonds is 3. The van der Waals surface area contributed by atoms with Crippen LogP contribution in [0.1, 0.15) is 27.7 Å². The number of aromatic nitrogens is 2. The van der Waals surface area contributed by atoms with Crippen molar-refractivity contribution in [3.8, 4) is 0 Å². The van der Waals surface area contributed by atoms with Gasteiger partial charge in [0.1, 0.15) is 11.4 Å². The van der Waals surface area contributed by atoms with Crippen LogP contribution < -0.4 is 5.43 Å². The lowest BCUT2D eigenvalue weighted by Gasteiger charge is -2.44. The van der Waals surface area contributed by atoms with E-state index in [1.54, 1.807) is 24.3 Å². The van der Waals surface area contributed by atoms with Crippen LogP contribution in [0.15, 0.2) is 48.7 Å². The standard InChI is InChI=1S/C19H11Cl2F3N4O2/c20-11-5-3-9(4-6-11)14-13(21)18(30)28(14)27-17(29)12-8-10-2-1-7-25-16(10)26-15(12)19(22,23)24/h1-8,13-14H,(H,27,29). The number of β-lactam (4-membered cyclic amide) rings is 1. The van der Waals surface area contributed by atoms with Crippen LogP contribution in [-0.4, -0.2) is 32.2 Å². The number of nitrogens with zero attached hydrogens (tertiary/aromatic N) is 3. The summed E-state index contributed by atoms with van der Waals surface area (Å²) in [6.45, 7) is 0. The number of hydrazine groups is 1. The van der Waals surface area contributed by atoms with E-state index >= 15 is 0 Å². The fraction of sp³-hybridized carbons (Fsp3) is 0.158. The predicted molar refractivity (Wildman–Crippen MR) is 103 cm³/mol. The van der Waals surface area contributed by atoms with Crippen molar-refractivity contribution >= 4 is 46.0 Å². The first-order valence-corrected chi connectivity index (χ1v) is 9.35. The molecular weight excluding hydrogens is 444 g/mol. The Labute approximate surface area is 177 Å². The lowest BCUT2D eigenvalue weighted by Crippen LogP contribution is -2.63. The number of halogens is 5. The summed E-state index contributed by atoms with van der Waals surface area (Å²) in [5, 5.41) is 0.621. The highest BCUT2D eigenvalue weighted by molar-refractivity contribution is 6.33. The summed E-state index contributed by atoms with van der Waals surface area (Å²) >= 11 is 11.9. The smallest absolute Gasteiger partial charge is 0.271 e. The van der Waals surface area contributed by atoms with E-state index in [4.69, 9.17) is 23.2 Å². The minimum absolute atomic E-state index is 0.152. The van der Waals surface area contributed by atoms with Gasteiger partial charge in [0, 0.05) is 16.6 Å². The molecule has 30 heavy (non-hydrogen) atoms. The van der Waals surface area contributed by atoms with Gasteiger partial charge < -0.3 is 0 Å². The van der Waals surface area contributed by atoms with Crippen molar-refractivity contribution in [3.63, 3.8) is 0 Å². The van der Waals surface area contributed by atoms with Gasteiger partial charge in [-0.25, -0.2) is 15.0 Å². The number of hydrogen-bond acceptors (Lipinski definition) is 4. The molecule has 1 aromatic carbocycles. The number of carbonyl (C=O) groups excluding carboxylic acids is 2. The lowest BCUT2D eigenvalue weighted by atomic mass is 9.95. The van der Waals surface area contributed by atoms with Crippen LogP contribution in [-0.2, 0) is 11.0 Å². The van der Waals surface area contributed by atoms with Crippen LogP contribution in [0.25, 0.3) is 11.0 Å². The maximum Gasteiger partial charge on any atom is 0.434 e. The molecule has 1 aliphatic heterocycles. The van der Waals surface area contributed by atoms with Crippen molar-refractivity contribution in [2.45, 2.75) is 17.6 Å². The normalized spacial score (nSPS) is 19.0. The average Bonchev–Trinajstić information content (AvgIpc) is 2.72. The molecule has 1 aliphatic rings. The molecule has 1 saturated heterocycles. The molecule has 3 heterocycles. The van der Waals surface area contributed by atoms with E-state index in [0.29, 0.717) is 10.6 Å². The molecule has 4 rings (SSSR count). The van der Waals surface area contributed by atoms with Crippen molar-refractivity contribution in [1.29, 1.82) is 0 Å². The maximum absolute atomic E-state index is 13.5. The zero-order chi connectivity index (χ0) is 21.6. The molecule has 1 fully saturated rings. The van der Waals surface area contributed by atoms with Gasteiger partial charge in [-0.05, 0) is 35.9 Å². The van der Waals surface area contributed by atoms with Crippen LogP contribution in [0.2, 0.25) is 5.02 Å². The summed E-state index contributed by atoms with van der Waals surface area (Å²) in [5.41, 5.74) is 0.503. The molecule has 0 saturated carbocycles. The van der Waals surface area contributed by atoms with Gasteiger partial charge in [0.15, 0.2) is 11.3 Å². The quantitative estimate of drug-likeness (QED) is 0.476. The van der Waals surface area contributed by atoms with Crippen LogP contribution in [0.4, 0.5) is 13.2 Å². The molecule has 0 radical (unpaired) electrons. The number of nitrogens with one attached hydrogen (secondary N) is 1. The van der Waals surface area contributed by atoms with E-state index in [0.717, 1.165) is 11.1 Å². The van der Waals surface area contributed by atoms with E-state index in [1.807, 2.05) is 0 Å². The first-order chi connectivity index (χ1) is 14.2. The number of benzene rings is 1. The molecule has 154 valence electrons. The molecule has 2 atom stereocenters. The SMILES string of the molecule is O=C(NN1C(=O)C(Cl)C1c1ccc(Cl)cc1)c1cc2cccnc2nc1C(F)(F)F. The van der Waals surface area contributed by atoms with Gasteiger partial charge in [0.25, 0.3) is 11.8 Å². The molecule has 0 spiro atoms. The summed E-state index contributed by atoms with van der Waals surface area (Å²) in [6, 6.07) is 9.63. The molecule has 2 amide bonds. The number of amides is 2. The van der Waals surface area contributed by atoms with E-state index in [1.165, 1.54) is 18.3 Å². The number of hydrogen-bond donors (Lipinski definition) is 1. The van der Waals surface area contributed by atoms with Crippen LogP contribution in [0.5, 0.6) is 0 Å². The molecule has 2 aromatic heterocycles. The fourth-order valence-corrected chi connectivity index (χ4v) is 3.61. The number of pyridine rings is 2. The monoisotopic (exact) mass is 454 g/mol. The summed E-state index contributed by atoms with van der Waals surface area (Å²) in [4.78, 5) is 32.2. The van der Waals surface area contributed by atoms with Crippen molar-refractivity contribution in [1.82, 2.24) is 20.4 Å². The van der Waals surface area contributed by atoms with Crippen molar-refractivity contribution < 1.29 is 22.8 Å². The van der Waals surface area contributed by atoms with E-state index < -0.39 is 40.7 Å². The Kier molecular flexibility index (Phi) is 5.03. The Hall–Kier alpha value is -2.91. The minimum atomic E-state index is -4.90. The molecule has 1 N–H and O–H groups in total. The first kappa shape index (κ1) is 20.4. The topological polar surface area (TPSA) is 75.2 Å². The Morgan fingerprint density at radius 1 is 1.17 bits per heavy atom. The van der Waals surface area contributed by atoms with E-state index in [-0.39, 0.29) is 11.0 Å². The van der Waals surface area contributed by atoms with Gasteiger partial charge >= 0.3 is 6.18 Å². The van der Waals surface area contributed by atoms with Crippen molar-refractivity contribution in [2.24, 2.45) is 0 Å². The molecule has 6 nitrogen and oxygen atoms in total. The third-order valence-corrected chi connectivity index (χ3v) is 5.24. The minimum Gasteiger partial charge on any atom is -0.271 e. The van der Waals surface area contributed by atoms with Gasteiger partial charge in [0.05, 0.1) is 5.56 Å². The third-order valence-electron chi connectivity index (χ3n) is 4.56. The number of fused-ring (bicyclic) bond motifs is 1. The van der Waals surface area contributed by atoms with Gasteiger partial charge in [-0.2, -0.15) is 13.2 Å². The molecule has 2 unspecified atom stereocenters. The highest BCUT2D eigenvalue weighted by Crippen LogP contribution is 2.38. The highest BCUT2D eigenvalue weighted by Gasteiger charge is 2.49. The second-order valence-electron chi connectivity index (χ2n) is 6.48. The van der Waals surface area contributed by atoms with Crippen LogP contribution >= 0.6 is 23.2 Å². The predicted octanol–water partition coefficient (Wildman–Crippen LogP) is 4.14. The second-order valence-corrected chi connectivity index (χ2v) is 7.39. The Balaban J connectivity index is 1.68. The summed E-state index contributed by atoms with van der Waals surface area (Å²) in [7, 11) is 0. The molecule has 0 aliphatic carbocycles. The van der Waals surface area contributed by atoms with Gasteiger partial charge in [0.2, 0.25) is 0 Å². The summed E-state index contributed by atoms with van der Waals surface area (Å²) < 4.78 is 40.5. The van der Waals surface area contributed by atoms with E-state index in [9.17, 15) is 22.8 Å². The van der Waals surface area contributed by atoms with Crippen molar-refractivity contribution in [3.05, 3.63) is 70.5 Å². The van der Waals surface area contributed by atoms with Crippen LogP contribution in [0.3, 0.4) is 0 Å². The first-order valence-electron chi connectivity index (χ1n) is 8.53. The third kappa shape index (κ3) is 3.54. The Morgan fingerprint density at radius 2 is 1.87 bits per heavy atom. The molecule has 3 aromatic rings. The molecule has 0 bridgehead atoms. The van der Waals surface area contributed by atoms with Gasteiger partial charge in [-0.15, -0.1) is 11.6 Å². The van der Waals surface area contributed by atoms with E-state index in [2.05, 4.69) is 15.4 Å². The Morgan fingerprint density at radius 3 is 2.53 bits per heavy atom.